The van der Waals surface area contributed by atoms with Crippen LogP contribution in [0, 0.1) is 6.92 Å². The van der Waals surface area contributed by atoms with Crippen molar-refractivity contribution in [2.75, 3.05) is 25.7 Å². The van der Waals surface area contributed by atoms with E-state index in [2.05, 4.69) is 20.5 Å². The molecule has 39 heavy (non-hydrogen) atoms. The van der Waals surface area contributed by atoms with Crippen molar-refractivity contribution in [3.63, 3.8) is 0 Å². The van der Waals surface area contributed by atoms with Crippen LogP contribution in [-0.4, -0.2) is 55.7 Å². The summed E-state index contributed by atoms with van der Waals surface area (Å²) in [5.74, 6) is 2.24. The van der Waals surface area contributed by atoms with Gasteiger partial charge in [-0.1, -0.05) is 18.2 Å². The van der Waals surface area contributed by atoms with Crippen LogP contribution in [0.25, 0.3) is 0 Å². The maximum Gasteiger partial charge on any atom is 0.252 e. The Kier molecular flexibility index (Phi) is 8.00. The summed E-state index contributed by atoms with van der Waals surface area (Å²) in [6, 6.07) is 18.0. The van der Waals surface area contributed by atoms with Gasteiger partial charge in [0.1, 0.15) is 17.3 Å². The molecule has 0 radical (unpaired) electrons. The topological polar surface area (TPSA) is 92.8 Å². The van der Waals surface area contributed by atoms with E-state index >= 15 is 0 Å². The fraction of sp³-hybridized carbons (Fsp3) is 0.387. The number of ether oxygens (including phenoxy) is 2. The number of methoxy groups -OCH3 is 2. The Morgan fingerprint density at radius 1 is 0.974 bits per heavy atom. The van der Waals surface area contributed by atoms with Crippen LogP contribution in [0.5, 0.6) is 11.5 Å². The van der Waals surface area contributed by atoms with E-state index < -0.39 is 0 Å². The molecule has 0 saturated carbocycles. The smallest absolute Gasteiger partial charge is 0.252 e. The SMILES string of the molecule is COc1cccc(CCNC(=O)c2ccc(N3C4CC[C@H]3CC(NC(=O)c3cccc(OC)c3C)C4)nc2)c1. The molecule has 8 nitrogen and oxygen atoms in total. The molecule has 2 saturated heterocycles. The van der Waals surface area contributed by atoms with Gasteiger partial charge in [-0.2, -0.15) is 0 Å². The first-order valence-corrected chi connectivity index (χ1v) is 13.6. The van der Waals surface area contributed by atoms with Crippen molar-refractivity contribution in [3.05, 3.63) is 83.0 Å². The highest BCUT2D eigenvalue weighted by molar-refractivity contribution is 5.96. The summed E-state index contributed by atoms with van der Waals surface area (Å²) < 4.78 is 10.6. The summed E-state index contributed by atoms with van der Waals surface area (Å²) in [5.41, 5.74) is 3.17. The highest BCUT2D eigenvalue weighted by atomic mass is 16.5. The van der Waals surface area contributed by atoms with Crippen LogP contribution in [0.15, 0.2) is 60.8 Å². The second kappa shape index (κ2) is 11.8. The molecule has 2 aliphatic heterocycles. The number of anilines is 1. The quantitative estimate of drug-likeness (QED) is 0.430. The largest absolute Gasteiger partial charge is 0.497 e. The number of carbonyl (C=O) groups excluding carboxylic acids is 2. The highest BCUT2D eigenvalue weighted by Gasteiger charge is 2.42. The van der Waals surface area contributed by atoms with Crippen LogP contribution in [0.1, 0.15) is 57.5 Å². The molecule has 2 bridgehead atoms. The molecule has 2 amide bonds. The molecule has 204 valence electrons. The predicted octanol–water partition coefficient (Wildman–Crippen LogP) is 4.31. The third kappa shape index (κ3) is 5.85. The lowest BCUT2D eigenvalue weighted by molar-refractivity contribution is 0.0924. The lowest BCUT2D eigenvalue weighted by Crippen LogP contribution is -2.50. The number of rotatable bonds is 9. The Morgan fingerprint density at radius 2 is 1.74 bits per heavy atom. The van der Waals surface area contributed by atoms with Crippen molar-refractivity contribution >= 4 is 17.6 Å². The van der Waals surface area contributed by atoms with Gasteiger partial charge in [0.2, 0.25) is 0 Å². The van der Waals surface area contributed by atoms with Gasteiger partial charge >= 0.3 is 0 Å². The predicted molar refractivity (Wildman–Crippen MR) is 151 cm³/mol. The van der Waals surface area contributed by atoms with Gasteiger partial charge < -0.3 is 25.0 Å². The highest BCUT2D eigenvalue weighted by Crippen LogP contribution is 2.38. The summed E-state index contributed by atoms with van der Waals surface area (Å²) in [7, 11) is 3.27. The summed E-state index contributed by atoms with van der Waals surface area (Å²) in [6.07, 6.45) is 6.28. The van der Waals surface area contributed by atoms with E-state index in [1.165, 1.54) is 0 Å². The Bertz CT molecular complexity index is 1310. The van der Waals surface area contributed by atoms with Gasteiger partial charge in [-0.3, -0.25) is 9.59 Å². The molecule has 3 aromatic rings. The van der Waals surface area contributed by atoms with Gasteiger partial charge in [-0.05, 0) is 81.0 Å². The number of benzene rings is 2. The van der Waals surface area contributed by atoms with Crippen molar-refractivity contribution < 1.29 is 19.1 Å². The van der Waals surface area contributed by atoms with Crippen LogP contribution in [0.2, 0.25) is 0 Å². The van der Waals surface area contributed by atoms with Crippen LogP contribution in [0.4, 0.5) is 5.82 Å². The van der Waals surface area contributed by atoms with E-state index in [0.29, 0.717) is 29.8 Å². The second-order valence-corrected chi connectivity index (χ2v) is 10.3. The average Bonchev–Trinajstić information content (AvgIpc) is 3.23. The van der Waals surface area contributed by atoms with Gasteiger partial charge in [0.15, 0.2) is 0 Å². The maximum atomic E-state index is 13.0. The summed E-state index contributed by atoms with van der Waals surface area (Å²) >= 11 is 0. The molecular weight excluding hydrogens is 492 g/mol. The van der Waals surface area contributed by atoms with E-state index in [4.69, 9.17) is 9.47 Å². The third-order valence-electron chi connectivity index (χ3n) is 7.92. The number of fused-ring (bicyclic) bond motifs is 2. The van der Waals surface area contributed by atoms with Gasteiger partial charge in [-0.25, -0.2) is 4.98 Å². The zero-order valence-electron chi connectivity index (χ0n) is 22.8. The monoisotopic (exact) mass is 528 g/mol. The zero-order valence-corrected chi connectivity index (χ0v) is 22.8. The number of hydrogen-bond donors (Lipinski definition) is 2. The molecule has 2 fully saturated rings. The molecule has 1 aromatic heterocycles. The molecule has 2 N–H and O–H groups in total. The number of aromatic nitrogens is 1. The lowest BCUT2D eigenvalue weighted by atomic mass is 9.96. The Morgan fingerprint density at radius 3 is 2.44 bits per heavy atom. The van der Waals surface area contributed by atoms with E-state index in [1.807, 2.05) is 61.5 Å². The number of pyridine rings is 1. The Balaban J connectivity index is 1.16. The molecule has 2 unspecified atom stereocenters. The number of hydrogen-bond acceptors (Lipinski definition) is 6. The first kappa shape index (κ1) is 26.5. The summed E-state index contributed by atoms with van der Waals surface area (Å²) in [6.45, 7) is 2.45. The minimum atomic E-state index is -0.130. The molecule has 2 aliphatic rings. The molecular formula is C31H36N4O4. The molecule has 0 aliphatic carbocycles. The number of piperidine rings is 1. The van der Waals surface area contributed by atoms with Crippen LogP contribution in [-0.2, 0) is 6.42 Å². The van der Waals surface area contributed by atoms with Crippen molar-refractivity contribution in [1.82, 2.24) is 15.6 Å². The van der Waals surface area contributed by atoms with E-state index in [-0.39, 0.29) is 17.9 Å². The summed E-state index contributed by atoms with van der Waals surface area (Å²) in [4.78, 5) is 32.8. The standard InChI is InChI=1S/C31H36N4O4/c1-20-27(8-5-9-28(20)39-3)31(37)34-23-17-24-11-12-25(18-23)35(24)29-13-10-22(19-33-29)30(36)32-15-14-21-6-4-7-26(16-21)38-2/h4-10,13,16,19,23-25H,11-12,14-15,17-18H2,1-3H3,(H,32,36)(H,34,37)/t23?,24-,25?/m0/s1. The first-order chi connectivity index (χ1) is 19.0. The van der Waals surface area contributed by atoms with Gasteiger partial charge in [0.05, 0.1) is 19.8 Å². The molecule has 3 heterocycles. The number of nitrogens with one attached hydrogen (secondary N) is 2. The minimum absolute atomic E-state index is 0.0517. The van der Waals surface area contributed by atoms with E-state index in [9.17, 15) is 9.59 Å². The van der Waals surface area contributed by atoms with Crippen molar-refractivity contribution in [2.24, 2.45) is 0 Å². The first-order valence-electron chi connectivity index (χ1n) is 13.6. The van der Waals surface area contributed by atoms with Crippen molar-refractivity contribution in [2.45, 2.75) is 57.2 Å². The van der Waals surface area contributed by atoms with Crippen LogP contribution < -0.4 is 25.0 Å². The second-order valence-electron chi connectivity index (χ2n) is 10.3. The molecule has 0 spiro atoms. The fourth-order valence-corrected chi connectivity index (χ4v) is 5.94. The number of amides is 2. The molecule has 5 rings (SSSR count). The fourth-order valence-electron chi connectivity index (χ4n) is 5.94. The maximum absolute atomic E-state index is 13.0. The Hall–Kier alpha value is -4.07. The van der Waals surface area contributed by atoms with E-state index in [0.717, 1.165) is 60.5 Å². The average molecular weight is 529 g/mol. The zero-order chi connectivity index (χ0) is 27.4. The van der Waals surface area contributed by atoms with Crippen molar-refractivity contribution in [3.8, 4) is 11.5 Å². The molecule has 3 atom stereocenters. The van der Waals surface area contributed by atoms with Crippen molar-refractivity contribution in [1.29, 1.82) is 0 Å². The molecule has 8 heteroatoms. The third-order valence-corrected chi connectivity index (χ3v) is 7.92. The van der Waals surface area contributed by atoms with Gasteiger partial charge in [0.25, 0.3) is 11.8 Å². The lowest BCUT2D eigenvalue weighted by Gasteiger charge is -2.40. The number of carbonyl (C=O) groups is 2. The number of nitrogens with zero attached hydrogens (tertiary/aromatic N) is 2. The Labute approximate surface area is 229 Å². The summed E-state index contributed by atoms with van der Waals surface area (Å²) in [5, 5.41) is 6.24. The molecule has 2 aromatic carbocycles. The van der Waals surface area contributed by atoms with Gasteiger partial charge in [0, 0.05) is 42.0 Å². The minimum Gasteiger partial charge on any atom is -0.497 e. The van der Waals surface area contributed by atoms with Gasteiger partial charge in [-0.15, -0.1) is 0 Å². The normalized spacial score (nSPS) is 19.9. The van der Waals surface area contributed by atoms with Crippen LogP contribution in [0.3, 0.4) is 0 Å². The van der Waals surface area contributed by atoms with Crippen LogP contribution >= 0.6 is 0 Å². The van der Waals surface area contributed by atoms with E-state index in [1.54, 1.807) is 20.4 Å².